The molecule has 0 bridgehead atoms. The Balaban J connectivity index is 2.43. The first-order valence-corrected chi connectivity index (χ1v) is 4.71. The van der Waals surface area contributed by atoms with Crippen LogP contribution in [0.2, 0.25) is 0 Å². The van der Waals surface area contributed by atoms with Crippen molar-refractivity contribution in [1.29, 1.82) is 0 Å². The van der Waals surface area contributed by atoms with Crippen LogP contribution in [-0.4, -0.2) is 12.4 Å². The third-order valence-electron chi connectivity index (χ3n) is 1.70. The predicted molar refractivity (Wildman–Crippen MR) is 47.4 cm³/mol. The van der Waals surface area contributed by atoms with E-state index in [2.05, 4.69) is 25.1 Å². The molecule has 0 fully saturated rings. The minimum Gasteiger partial charge on any atom is -0.492 e. The van der Waals surface area contributed by atoms with Gasteiger partial charge in [-0.3, -0.25) is 0 Å². The summed E-state index contributed by atoms with van der Waals surface area (Å²) in [5, 5.41) is 0. The molecule has 0 radical (unpaired) electrons. The van der Waals surface area contributed by atoms with Gasteiger partial charge >= 0.3 is 0 Å². The van der Waals surface area contributed by atoms with E-state index in [4.69, 9.17) is 4.74 Å². The highest BCUT2D eigenvalue weighted by atomic mass is 32.2. The third-order valence-corrected chi connectivity index (χ3v) is 2.70. The van der Waals surface area contributed by atoms with E-state index in [1.807, 2.05) is 11.8 Å². The Morgan fingerprint density at radius 2 is 2.36 bits per heavy atom. The maximum Gasteiger partial charge on any atom is 0.132 e. The normalized spacial score (nSPS) is 15.4. The second kappa shape index (κ2) is 2.78. The van der Waals surface area contributed by atoms with Crippen LogP contribution in [0.1, 0.15) is 5.56 Å². The van der Waals surface area contributed by atoms with Gasteiger partial charge in [0.1, 0.15) is 5.75 Å². The fourth-order valence-electron chi connectivity index (χ4n) is 1.15. The fourth-order valence-corrected chi connectivity index (χ4v) is 2.08. The number of rotatable bonds is 0. The minimum absolute atomic E-state index is 0.848. The average Bonchev–Trinajstić information content (AvgIpc) is 2.04. The summed E-state index contributed by atoms with van der Waals surface area (Å²) in [5.41, 5.74) is 1.31. The van der Waals surface area contributed by atoms with Crippen LogP contribution in [0.3, 0.4) is 0 Å². The molecule has 0 saturated heterocycles. The van der Waals surface area contributed by atoms with E-state index >= 15 is 0 Å². The van der Waals surface area contributed by atoms with E-state index in [0.29, 0.717) is 0 Å². The molecule has 0 spiro atoms. The Bertz CT molecular complexity index is 270. The van der Waals surface area contributed by atoms with Crippen LogP contribution in [0, 0.1) is 6.92 Å². The number of fused-ring (bicyclic) bond motifs is 1. The molecular weight excluding hydrogens is 156 g/mol. The summed E-state index contributed by atoms with van der Waals surface area (Å²) in [6.07, 6.45) is 0. The fraction of sp³-hybridized carbons (Fsp3) is 0.333. The molecule has 0 aromatic heterocycles. The van der Waals surface area contributed by atoms with Gasteiger partial charge in [-0.05, 0) is 24.6 Å². The smallest absolute Gasteiger partial charge is 0.132 e. The Labute approximate surface area is 70.8 Å². The van der Waals surface area contributed by atoms with Crippen molar-refractivity contribution in [2.24, 2.45) is 0 Å². The second-order valence-corrected chi connectivity index (χ2v) is 3.78. The molecule has 2 heteroatoms. The van der Waals surface area contributed by atoms with Crippen molar-refractivity contribution in [1.82, 2.24) is 0 Å². The molecule has 1 aliphatic rings. The van der Waals surface area contributed by atoms with E-state index in [1.165, 1.54) is 10.5 Å². The molecule has 1 heterocycles. The van der Waals surface area contributed by atoms with Crippen molar-refractivity contribution in [2.45, 2.75) is 11.8 Å². The van der Waals surface area contributed by atoms with Gasteiger partial charge in [0, 0.05) is 10.6 Å². The van der Waals surface area contributed by atoms with Crippen LogP contribution in [0.4, 0.5) is 0 Å². The second-order valence-electron chi connectivity index (χ2n) is 2.65. The van der Waals surface area contributed by atoms with Crippen LogP contribution in [0.15, 0.2) is 23.1 Å². The van der Waals surface area contributed by atoms with Crippen LogP contribution >= 0.6 is 11.8 Å². The molecule has 1 aromatic carbocycles. The van der Waals surface area contributed by atoms with Gasteiger partial charge in [-0.25, -0.2) is 0 Å². The molecule has 0 aliphatic carbocycles. The maximum atomic E-state index is 5.46. The van der Waals surface area contributed by atoms with Crippen molar-refractivity contribution < 1.29 is 4.74 Å². The van der Waals surface area contributed by atoms with Crippen LogP contribution in [0.25, 0.3) is 0 Å². The Kier molecular flexibility index (Phi) is 1.78. The lowest BCUT2D eigenvalue weighted by atomic mass is 10.2. The number of ether oxygens (including phenoxy) is 1. The van der Waals surface area contributed by atoms with Gasteiger partial charge in [0.25, 0.3) is 0 Å². The number of benzene rings is 1. The Morgan fingerprint density at radius 3 is 3.27 bits per heavy atom. The molecule has 0 atom stereocenters. The molecule has 11 heavy (non-hydrogen) atoms. The van der Waals surface area contributed by atoms with Crippen molar-refractivity contribution in [2.75, 3.05) is 12.4 Å². The summed E-state index contributed by atoms with van der Waals surface area (Å²) in [6, 6.07) is 6.32. The van der Waals surface area contributed by atoms with Crippen molar-refractivity contribution in [3.05, 3.63) is 23.8 Å². The van der Waals surface area contributed by atoms with Crippen molar-refractivity contribution >= 4 is 11.8 Å². The number of hydrogen-bond acceptors (Lipinski definition) is 2. The van der Waals surface area contributed by atoms with Crippen molar-refractivity contribution in [3.63, 3.8) is 0 Å². The van der Waals surface area contributed by atoms with Crippen LogP contribution < -0.4 is 4.74 Å². The van der Waals surface area contributed by atoms with E-state index in [9.17, 15) is 0 Å². The highest BCUT2D eigenvalue weighted by molar-refractivity contribution is 7.99. The molecule has 0 unspecified atom stereocenters. The summed E-state index contributed by atoms with van der Waals surface area (Å²) in [4.78, 5) is 1.29. The topological polar surface area (TPSA) is 9.23 Å². The number of aryl methyl sites for hydroxylation is 1. The number of thioether (sulfide) groups is 1. The first-order chi connectivity index (χ1) is 5.36. The molecule has 0 amide bonds. The molecule has 1 aromatic rings. The van der Waals surface area contributed by atoms with E-state index in [1.54, 1.807) is 0 Å². The quantitative estimate of drug-likeness (QED) is 0.585. The van der Waals surface area contributed by atoms with Gasteiger partial charge < -0.3 is 4.74 Å². The maximum absolute atomic E-state index is 5.46. The van der Waals surface area contributed by atoms with E-state index < -0.39 is 0 Å². The molecule has 2 rings (SSSR count). The molecule has 1 aliphatic heterocycles. The summed E-state index contributed by atoms with van der Waals surface area (Å²) < 4.78 is 5.46. The summed E-state index contributed by atoms with van der Waals surface area (Å²) in [5.74, 6) is 2.13. The van der Waals surface area contributed by atoms with E-state index in [0.717, 1.165) is 18.1 Å². The monoisotopic (exact) mass is 166 g/mol. The van der Waals surface area contributed by atoms with Gasteiger partial charge in [0.15, 0.2) is 0 Å². The van der Waals surface area contributed by atoms with Crippen LogP contribution in [0.5, 0.6) is 5.75 Å². The SMILES string of the molecule is Cc1ccc2c(c1)SCCO2. The van der Waals surface area contributed by atoms with Gasteiger partial charge in [0.2, 0.25) is 0 Å². The number of hydrogen-bond donors (Lipinski definition) is 0. The first kappa shape index (κ1) is 7.04. The lowest BCUT2D eigenvalue weighted by Crippen LogP contribution is -2.06. The van der Waals surface area contributed by atoms with Gasteiger partial charge in [-0.2, -0.15) is 0 Å². The molecule has 0 N–H and O–H groups in total. The summed E-state index contributed by atoms with van der Waals surface area (Å²) in [6.45, 7) is 2.95. The lowest BCUT2D eigenvalue weighted by Gasteiger charge is -2.16. The minimum atomic E-state index is 0.848. The molecular formula is C9H10OS. The summed E-state index contributed by atoms with van der Waals surface area (Å²) >= 11 is 1.88. The van der Waals surface area contributed by atoms with Crippen molar-refractivity contribution in [3.8, 4) is 5.75 Å². The zero-order valence-corrected chi connectivity index (χ0v) is 7.28. The molecule has 58 valence electrons. The van der Waals surface area contributed by atoms with Gasteiger partial charge in [0.05, 0.1) is 6.61 Å². The van der Waals surface area contributed by atoms with Gasteiger partial charge in [-0.15, -0.1) is 11.8 Å². The largest absolute Gasteiger partial charge is 0.492 e. The zero-order chi connectivity index (χ0) is 7.68. The predicted octanol–water partition coefficient (Wildman–Crippen LogP) is 2.48. The molecule has 0 saturated carbocycles. The van der Waals surface area contributed by atoms with E-state index in [-0.39, 0.29) is 0 Å². The standard InChI is InChI=1S/C9H10OS/c1-7-2-3-8-9(6-7)11-5-4-10-8/h2-3,6H,4-5H2,1H3. The Morgan fingerprint density at radius 1 is 1.45 bits per heavy atom. The zero-order valence-electron chi connectivity index (χ0n) is 6.46. The lowest BCUT2D eigenvalue weighted by molar-refractivity contribution is 0.330. The van der Waals surface area contributed by atoms with Gasteiger partial charge in [-0.1, -0.05) is 6.07 Å². The van der Waals surface area contributed by atoms with Crippen LogP contribution in [-0.2, 0) is 0 Å². The Hall–Kier alpha value is -0.630. The molecule has 1 nitrogen and oxygen atoms in total. The highest BCUT2D eigenvalue weighted by Crippen LogP contribution is 2.33. The first-order valence-electron chi connectivity index (χ1n) is 3.72. The highest BCUT2D eigenvalue weighted by Gasteiger charge is 2.09. The average molecular weight is 166 g/mol. The summed E-state index contributed by atoms with van der Waals surface area (Å²) in [7, 11) is 0. The third kappa shape index (κ3) is 1.36.